The Hall–Kier alpha value is -1.59. The molecule has 0 radical (unpaired) electrons. The van der Waals surface area contributed by atoms with Crippen LogP contribution in [0, 0.1) is 11.8 Å². The molecule has 6 heteroatoms. The van der Waals surface area contributed by atoms with Gasteiger partial charge in [-0.25, -0.2) is 0 Å². The third kappa shape index (κ3) is 36.6. The van der Waals surface area contributed by atoms with Crippen LogP contribution in [-0.2, 0) is 28.6 Å². The largest absolute Gasteiger partial charge is 0.462 e. The first kappa shape index (κ1) is 49.4. The van der Waals surface area contributed by atoms with Gasteiger partial charge < -0.3 is 14.2 Å². The molecule has 3 atom stereocenters. The fourth-order valence-electron chi connectivity index (χ4n) is 6.51. The Morgan fingerprint density at radius 2 is 0.686 bits per heavy atom. The van der Waals surface area contributed by atoms with Gasteiger partial charge in [0.05, 0.1) is 0 Å². The van der Waals surface area contributed by atoms with Crippen LogP contribution in [0.3, 0.4) is 0 Å². The van der Waals surface area contributed by atoms with Gasteiger partial charge >= 0.3 is 17.9 Å². The summed E-state index contributed by atoms with van der Waals surface area (Å²) < 4.78 is 16.6. The van der Waals surface area contributed by atoms with Crippen molar-refractivity contribution >= 4 is 17.9 Å². The maximum atomic E-state index is 12.6. The number of carbonyl (C=O) groups is 3. The summed E-state index contributed by atoms with van der Waals surface area (Å²) in [6, 6.07) is 0. The lowest BCUT2D eigenvalue weighted by atomic mass is 9.99. The summed E-state index contributed by atoms with van der Waals surface area (Å²) in [6.45, 7) is 11.3. The molecule has 0 spiro atoms. The lowest BCUT2D eigenvalue weighted by Crippen LogP contribution is -2.30. The van der Waals surface area contributed by atoms with Crippen LogP contribution in [-0.4, -0.2) is 37.2 Å². The van der Waals surface area contributed by atoms with Crippen LogP contribution >= 0.6 is 0 Å². The van der Waals surface area contributed by atoms with Crippen LogP contribution in [0.15, 0.2) is 0 Å². The first-order chi connectivity index (χ1) is 24.8. The molecule has 0 bridgehead atoms. The zero-order valence-electron chi connectivity index (χ0n) is 34.7. The van der Waals surface area contributed by atoms with E-state index in [0.29, 0.717) is 19.3 Å². The molecule has 0 amide bonds. The van der Waals surface area contributed by atoms with Gasteiger partial charge in [-0.1, -0.05) is 202 Å². The van der Waals surface area contributed by atoms with Crippen LogP contribution in [0.4, 0.5) is 0 Å². The highest BCUT2D eigenvalue weighted by molar-refractivity contribution is 5.71. The van der Waals surface area contributed by atoms with Crippen molar-refractivity contribution in [1.29, 1.82) is 0 Å². The van der Waals surface area contributed by atoms with Crippen LogP contribution in [0.1, 0.15) is 240 Å². The van der Waals surface area contributed by atoms with Gasteiger partial charge in [0.2, 0.25) is 0 Å². The third-order valence-electron chi connectivity index (χ3n) is 10.7. The minimum Gasteiger partial charge on any atom is -0.462 e. The Morgan fingerprint density at radius 3 is 1.02 bits per heavy atom. The van der Waals surface area contributed by atoms with Gasteiger partial charge in [0.25, 0.3) is 0 Å². The van der Waals surface area contributed by atoms with Crippen LogP contribution < -0.4 is 0 Å². The Balaban J connectivity index is 4.14. The first-order valence-electron chi connectivity index (χ1n) is 22.3. The summed E-state index contributed by atoms with van der Waals surface area (Å²) in [5.41, 5.74) is 0. The molecule has 6 nitrogen and oxygen atoms in total. The van der Waals surface area contributed by atoms with E-state index in [1.807, 2.05) is 0 Å². The highest BCUT2D eigenvalue weighted by Gasteiger charge is 2.19. The highest BCUT2D eigenvalue weighted by atomic mass is 16.6. The number of rotatable bonds is 39. The molecule has 2 unspecified atom stereocenters. The van der Waals surface area contributed by atoms with Gasteiger partial charge in [0.15, 0.2) is 6.10 Å². The van der Waals surface area contributed by atoms with Gasteiger partial charge in [-0.15, -0.1) is 0 Å². The Kier molecular flexibility index (Phi) is 37.0. The van der Waals surface area contributed by atoms with Gasteiger partial charge in [-0.05, 0) is 31.1 Å². The molecule has 0 rings (SSSR count). The number of unbranched alkanes of at least 4 members (excludes halogenated alkanes) is 22. The van der Waals surface area contributed by atoms with Gasteiger partial charge in [0.1, 0.15) is 13.2 Å². The number of hydrogen-bond acceptors (Lipinski definition) is 6. The molecule has 0 fully saturated rings. The molecule has 0 saturated heterocycles. The van der Waals surface area contributed by atoms with E-state index in [4.69, 9.17) is 14.2 Å². The summed E-state index contributed by atoms with van der Waals surface area (Å²) in [5.74, 6) is 0.830. The summed E-state index contributed by atoms with van der Waals surface area (Å²) in [4.78, 5) is 37.4. The molecule has 0 aliphatic rings. The summed E-state index contributed by atoms with van der Waals surface area (Å²) in [6.07, 6.45) is 35.4. The maximum Gasteiger partial charge on any atom is 0.306 e. The van der Waals surface area contributed by atoms with E-state index < -0.39 is 6.10 Å². The molecule has 0 aromatic heterocycles. The van der Waals surface area contributed by atoms with Crippen molar-refractivity contribution in [3.05, 3.63) is 0 Å². The highest BCUT2D eigenvalue weighted by Crippen LogP contribution is 2.17. The zero-order valence-corrected chi connectivity index (χ0v) is 34.7. The van der Waals surface area contributed by atoms with Crippen molar-refractivity contribution in [2.24, 2.45) is 11.8 Å². The van der Waals surface area contributed by atoms with Gasteiger partial charge in [-0.2, -0.15) is 0 Å². The number of carbonyl (C=O) groups excluding carboxylic acids is 3. The van der Waals surface area contributed by atoms with Crippen LogP contribution in [0.25, 0.3) is 0 Å². The van der Waals surface area contributed by atoms with E-state index in [1.165, 1.54) is 122 Å². The molecule has 0 aliphatic heterocycles. The van der Waals surface area contributed by atoms with Crippen molar-refractivity contribution in [2.75, 3.05) is 13.2 Å². The molecule has 0 aromatic rings. The number of esters is 3. The summed E-state index contributed by atoms with van der Waals surface area (Å²) >= 11 is 0. The zero-order chi connectivity index (χ0) is 37.6. The molecule has 302 valence electrons. The molecule has 0 aromatic carbocycles. The quantitative estimate of drug-likeness (QED) is 0.0357. The Morgan fingerprint density at radius 1 is 0.392 bits per heavy atom. The van der Waals surface area contributed by atoms with Crippen molar-refractivity contribution in [3.8, 4) is 0 Å². The minimum atomic E-state index is -0.759. The average molecular weight is 723 g/mol. The third-order valence-corrected chi connectivity index (χ3v) is 10.7. The van der Waals surface area contributed by atoms with Gasteiger partial charge in [-0.3, -0.25) is 14.4 Å². The van der Waals surface area contributed by atoms with Crippen molar-refractivity contribution in [2.45, 2.75) is 246 Å². The normalized spacial score (nSPS) is 13.1. The number of hydrogen-bond donors (Lipinski definition) is 0. The minimum absolute atomic E-state index is 0.0667. The maximum absolute atomic E-state index is 12.6. The Bertz CT molecular complexity index is 783. The predicted octanol–water partition coefficient (Wildman–Crippen LogP) is 13.8. The van der Waals surface area contributed by atoms with E-state index in [-0.39, 0.29) is 31.1 Å². The lowest BCUT2D eigenvalue weighted by Gasteiger charge is -2.18. The fourth-order valence-corrected chi connectivity index (χ4v) is 6.51. The summed E-state index contributed by atoms with van der Waals surface area (Å²) in [5, 5.41) is 0. The molecular weight excluding hydrogens is 636 g/mol. The second kappa shape index (κ2) is 38.1. The van der Waals surface area contributed by atoms with Crippen molar-refractivity contribution in [3.63, 3.8) is 0 Å². The Labute approximate surface area is 317 Å². The van der Waals surface area contributed by atoms with E-state index in [0.717, 1.165) is 76.0 Å². The van der Waals surface area contributed by atoms with Crippen molar-refractivity contribution in [1.82, 2.24) is 0 Å². The molecule has 51 heavy (non-hydrogen) atoms. The fraction of sp³-hybridized carbons (Fsp3) is 0.933. The van der Waals surface area contributed by atoms with Crippen molar-refractivity contribution < 1.29 is 28.6 Å². The monoisotopic (exact) mass is 723 g/mol. The van der Waals surface area contributed by atoms with E-state index in [2.05, 4.69) is 34.6 Å². The van der Waals surface area contributed by atoms with Crippen LogP contribution in [0.5, 0.6) is 0 Å². The predicted molar refractivity (Wildman–Crippen MR) is 215 cm³/mol. The SMILES string of the molecule is CCCCCCCC(=O)OC[C@H](COC(=O)CCCCCCCCCCCCCCCCC(C)CC)OC(=O)CCCCCCCCC(C)CC. The molecule has 0 N–H and O–H groups in total. The average Bonchev–Trinajstić information content (AvgIpc) is 3.13. The second-order valence-corrected chi connectivity index (χ2v) is 15.8. The lowest BCUT2D eigenvalue weighted by molar-refractivity contribution is -0.167. The second-order valence-electron chi connectivity index (χ2n) is 15.8. The topological polar surface area (TPSA) is 78.9 Å². The van der Waals surface area contributed by atoms with E-state index in [1.54, 1.807) is 0 Å². The number of ether oxygens (including phenoxy) is 3. The van der Waals surface area contributed by atoms with Gasteiger partial charge in [0, 0.05) is 19.3 Å². The van der Waals surface area contributed by atoms with Crippen LogP contribution in [0.2, 0.25) is 0 Å². The molecule has 0 saturated carbocycles. The molecular formula is C45H86O6. The smallest absolute Gasteiger partial charge is 0.306 e. The van der Waals surface area contributed by atoms with E-state index in [9.17, 15) is 14.4 Å². The molecule has 0 heterocycles. The van der Waals surface area contributed by atoms with E-state index >= 15 is 0 Å². The molecule has 0 aliphatic carbocycles. The first-order valence-corrected chi connectivity index (χ1v) is 22.3. The standard InChI is InChI=1S/C45H86O6/c1-6-9-10-23-30-35-43(46)49-38-42(51-45(48)37-32-27-22-21-25-29-34-41(5)8-3)39-50-44(47)36-31-26-20-18-16-14-12-11-13-15-17-19-24-28-33-40(4)7-2/h40-42H,6-39H2,1-5H3/t40?,41?,42-/m1/s1. The summed E-state index contributed by atoms with van der Waals surface area (Å²) in [7, 11) is 0.